The molecule has 86 valence electrons. The summed E-state index contributed by atoms with van der Waals surface area (Å²) in [4.78, 5) is 0. The van der Waals surface area contributed by atoms with Gasteiger partial charge in [-0.15, -0.1) is 0 Å². The van der Waals surface area contributed by atoms with Crippen LogP contribution in [-0.4, -0.2) is 0 Å². The molecule has 0 saturated carbocycles. The maximum atomic E-state index is 5.42. The minimum absolute atomic E-state index is 0.945. The number of unbranched alkanes of at least 4 members (excludes halogenated alkanes) is 1. The van der Waals surface area contributed by atoms with E-state index < -0.39 is 0 Å². The van der Waals surface area contributed by atoms with Crippen LogP contribution in [0, 0.1) is 0 Å². The van der Waals surface area contributed by atoms with E-state index in [-0.39, 0.29) is 0 Å². The summed E-state index contributed by atoms with van der Waals surface area (Å²) < 4.78 is 0. The van der Waals surface area contributed by atoms with Crippen LogP contribution in [0.2, 0.25) is 0 Å². The molecule has 0 aromatic heterocycles. The van der Waals surface area contributed by atoms with Crippen LogP contribution in [0.3, 0.4) is 0 Å². The second-order valence-electron chi connectivity index (χ2n) is 3.97. The second kappa shape index (κ2) is 6.89. The van der Waals surface area contributed by atoms with Crippen molar-refractivity contribution < 1.29 is 0 Å². The Kier molecular flexibility index (Phi) is 5.41. The quantitative estimate of drug-likeness (QED) is 0.736. The maximum absolute atomic E-state index is 5.42. The molecular formula is C15H21N. The molecular weight excluding hydrogens is 194 g/mol. The van der Waals surface area contributed by atoms with Gasteiger partial charge in [0.2, 0.25) is 0 Å². The molecule has 0 atom stereocenters. The molecule has 16 heavy (non-hydrogen) atoms. The number of hydrogen-bond acceptors (Lipinski definition) is 1. The Morgan fingerprint density at radius 1 is 1.50 bits per heavy atom. The summed E-state index contributed by atoms with van der Waals surface area (Å²) in [6.45, 7) is 6.10. The monoisotopic (exact) mass is 215 g/mol. The van der Waals surface area contributed by atoms with E-state index in [1.807, 2.05) is 12.2 Å². The highest BCUT2D eigenvalue weighted by Gasteiger charge is 2.03. The fraction of sp³-hybridized carbons (Fsp3) is 0.333. The van der Waals surface area contributed by atoms with Crippen molar-refractivity contribution in [2.75, 3.05) is 0 Å². The fourth-order valence-corrected chi connectivity index (χ4v) is 1.81. The fourth-order valence-electron chi connectivity index (χ4n) is 1.81. The molecule has 0 aromatic carbocycles. The second-order valence-corrected chi connectivity index (χ2v) is 3.97. The molecule has 2 N–H and O–H groups in total. The minimum atomic E-state index is 0.945. The van der Waals surface area contributed by atoms with E-state index >= 15 is 0 Å². The highest BCUT2D eigenvalue weighted by Crippen LogP contribution is 2.22. The third kappa shape index (κ3) is 3.58. The number of hydrogen-bond donors (Lipinski definition) is 1. The molecule has 1 aliphatic rings. The van der Waals surface area contributed by atoms with Gasteiger partial charge in [0.25, 0.3) is 0 Å². The Hall–Kier alpha value is -1.50. The van der Waals surface area contributed by atoms with Crippen LogP contribution in [0.1, 0.15) is 32.6 Å². The van der Waals surface area contributed by atoms with Crippen molar-refractivity contribution in [1.82, 2.24) is 0 Å². The van der Waals surface area contributed by atoms with Crippen molar-refractivity contribution in [2.24, 2.45) is 5.73 Å². The SMILES string of the molecule is C=CC1=C(CCCC)C=CCC(/C=C\N)=C1. The Bertz CT molecular complexity index is 354. The summed E-state index contributed by atoms with van der Waals surface area (Å²) >= 11 is 0. The van der Waals surface area contributed by atoms with Crippen molar-refractivity contribution in [1.29, 1.82) is 0 Å². The molecule has 1 nitrogen and oxygen atoms in total. The topological polar surface area (TPSA) is 26.0 Å². The Labute approximate surface area is 98.7 Å². The lowest BCUT2D eigenvalue weighted by Crippen LogP contribution is -1.85. The van der Waals surface area contributed by atoms with Gasteiger partial charge in [0.15, 0.2) is 0 Å². The summed E-state index contributed by atoms with van der Waals surface area (Å²) in [7, 11) is 0. The minimum Gasteiger partial charge on any atom is -0.405 e. The molecule has 0 radical (unpaired) electrons. The van der Waals surface area contributed by atoms with Crippen LogP contribution < -0.4 is 5.73 Å². The van der Waals surface area contributed by atoms with Gasteiger partial charge in [-0.25, -0.2) is 0 Å². The average molecular weight is 215 g/mol. The summed E-state index contributed by atoms with van der Waals surface area (Å²) in [6.07, 6.45) is 16.6. The first-order valence-electron chi connectivity index (χ1n) is 5.92. The van der Waals surface area contributed by atoms with Crippen LogP contribution >= 0.6 is 0 Å². The van der Waals surface area contributed by atoms with Gasteiger partial charge in [-0.2, -0.15) is 0 Å². The number of allylic oxidation sites excluding steroid dienone is 8. The molecule has 1 rings (SSSR count). The number of rotatable bonds is 5. The van der Waals surface area contributed by atoms with E-state index in [9.17, 15) is 0 Å². The first kappa shape index (κ1) is 12.6. The summed E-state index contributed by atoms with van der Waals surface area (Å²) in [6, 6.07) is 0. The molecule has 1 heteroatoms. The zero-order valence-corrected chi connectivity index (χ0v) is 10.1. The summed E-state index contributed by atoms with van der Waals surface area (Å²) in [5.41, 5.74) is 9.28. The molecule has 1 aliphatic carbocycles. The van der Waals surface area contributed by atoms with Crippen LogP contribution in [0.25, 0.3) is 0 Å². The predicted octanol–water partition coefficient (Wildman–Crippen LogP) is 4.02. The van der Waals surface area contributed by atoms with Gasteiger partial charge >= 0.3 is 0 Å². The van der Waals surface area contributed by atoms with Gasteiger partial charge in [-0.05, 0) is 48.3 Å². The molecule has 0 unspecified atom stereocenters. The van der Waals surface area contributed by atoms with E-state index in [1.54, 1.807) is 6.20 Å². The lowest BCUT2D eigenvalue weighted by molar-refractivity contribution is 0.795. The highest BCUT2D eigenvalue weighted by atomic mass is 14.5. The predicted molar refractivity (Wildman–Crippen MR) is 71.9 cm³/mol. The zero-order chi connectivity index (χ0) is 11.8. The van der Waals surface area contributed by atoms with Gasteiger partial charge in [0.05, 0.1) is 0 Å². The smallest absolute Gasteiger partial charge is 0.00595 e. The van der Waals surface area contributed by atoms with E-state index in [1.165, 1.54) is 29.6 Å². The third-order valence-electron chi connectivity index (χ3n) is 2.71. The van der Waals surface area contributed by atoms with Gasteiger partial charge < -0.3 is 5.73 Å². The van der Waals surface area contributed by atoms with Crippen molar-refractivity contribution in [3.8, 4) is 0 Å². The molecule has 0 saturated heterocycles. The summed E-state index contributed by atoms with van der Waals surface area (Å²) in [5, 5.41) is 0. The lowest BCUT2D eigenvalue weighted by atomic mass is 10.0. The lowest BCUT2D eigenvalue weighted by Gasteiger charge is -2.04. The molecule has 0 bridgehead atoms. The largest absolute Gasteiger partial charge is 0.405 e. The molecule has 0 heterocycles. The van der Waals surface area contributed by atoms with E-state index in [0.29, 0.717) is 0 Å². The first-order chi connectivity index (χ1) is 7.81. The van der Waals surface area contributed by atoms with Crippen LogP contribution in [0.5, 0.6) is 0 Å². The Morgan fingerprint density at radius 3 is 2.94 bits per heavy atom. The Balaban J connectivity index is 2.95. The Morgan fingerprint density at radius 2 is 2.31 bits per heavy atom. The molecule has 0 aromatic rings. The van der Waals surface area contributed by atoms with Gasteiger partial charge in [0, 0.05) is 0 Å². The third-order valence-corrected chi connectivity index (χ3v) is 2.71. The number of nitrogens with two attached hydrogens (primary N) is 1. The highest BCUT2D eigenvalue weighted by molar-refractivity contribution is 5.46. The van der Waals surface area contributed by atoms with Gasteiger partial charge in [0.1, 0.15) is 0 Å². The molecule has 0 amide bonds. The standard InChI is InChI=1S/C15H21N/c1-3-5-8-15-9-6-7-13(10-11-16)12-14(15)4-2/h4,6,9-12H,2-3,5,7-8,16H2,1H3/b11-10-. The van der Waals surface area contributed by atoms with Crippen LogP contribution in [0.15, 0.2) is 59.9 Å². The maximum Gasteiger partial charge on any atom is -0.00595 e. The average Bonchev–Trinajstić information content (AvgIpc) is 2.49. The van der Waals surface area contributed by atoms with E-state index in [2.05, 4.69) is 31.7 Å². The van der Waals surface area contributed by atoms with Gasteiger partial charge in [-0.1, -0.05) is 44.2 Å². The summed E-state index contributed by atoms with van der Waals surface area (Å²) in [5.74, 6) is 0. The van der Waals surface area contributed by atoms with Crippen molar-refractivity contribution in [2.45, 2.75) is 32.6 Å². The molecule has 0 spiro atoms. The van der Waals surface area contributed by atoms with Crippen LogP contribution in [-0.2, 0) is 0 Å². The first-order valence-corrected chi connectivity index (χ1v) is 5.92. The van der Waals surface area contributed by atoms with Gasteiger partial charge in [-0.3, -0.25) is 0 Å². The normalized spacial score (nSPS) is 16.4. The van der Waals surface area contributed by atoms with Crippen LogP contribution in [0.4, 0.5) is 0 Å². The zero-order valence-electron chi connectivity index (χ0n) is 10.1. The van der Waals surface area contributed by atoms with Crippen molar-refractivity contribution in [3.05, 3.63) is 59.9 Å². The van der Waals surface area contributed by atoms with Crippen molar-refractivity contribution >= 4 is 0 Å². The molecule has 0 aliphatic heterocycles. The van der Waals surface area contributed by atoms with E-state index in [4.69, 9.17) is 5.73 Å². The molecule has 0 fully saturated rings. The van der Waals surface area contributed by atoms with E-state index in [0.717, 1.165) is 12.8 Å². The van der Waals surface area contributed by atoms with Crippen molar-refractivity contribution in [3.63, 3.8) is 0 Å².